The van der Waals surface area contributed by atoms with Gasteiger partial charge in [0.25, 0.3) is 11.1 Å². The van der Waals surface area contributed by atoms with Crippen molar-refractivity contribution in [2.75, 3.05) is 13.2 Å². The van der Waals surface area contributed by atoms with Crippen molar-refractivity contribution < 1.29 is 23.5 Å². The summed E-state index contributed by atoms with van der Waals surface area (Å²) in [5.74, 6) is 0.194. The first-order chi connectivity index (χ1) is 16.4. The molecule has 1 aliphatic heterocycles. The Morgan fingerprint density at radius 2 is 1.62 bits per heavy atom. The highest BCUT2D eigenvalue weighted by atomic mass is 35.5. The zero-order chi connectivity index (χ0) is 24.1. The number of thioether (sulfide) groups is 1. The van der Waals surface area contributed by atoms with Gasteiger partial charge in [-0.25, -0.2) is 4.39 Å². The van der Waals surface area contributed by atoms with Gasteiger partial charge in [-0.3, -0.25) is 14.5 Å². The van der Waals surface area contributed by atoms with Gasteiger partial charge in [0.2, 0.25) is 0 Å². The first kappa shape index (κ1) is 24.1. The van der Waals surface area contributed by atoms with Crippen LogP contribution in [0.4, 0.5) is 9.18 Å². The zero-order valence-corrected chi connectivity index (χ0v) is 20.0. The molecule has 0 radical (unpaired) electrons. The lowest BCUT2D eigenvalue weighted by molar-refractivity contribution is -0.123. The Balaban J connectivity index is 1.41. The van der Waals surface area contributed by atoms with Crippen molar-refractivity contribution in [3.05, 3.63) is 98.6 Å². The van der Waals surface area contributed by atoms with E-state index in [1.54, 1.807) is 42.5 Å². The number of halogens is 3. The Labute approximate surface area is 210 Å². The summed E-state index contributed by atoms with van der Waals surface area (Å²) < 4.78 is 24.3. The van der Waals surface area contributed by atoms with E-state index in [1.807, 2.05) is 18.2 Å². The Morgan fingerprint density at radius 1 is 0.941 bits per heavy atom. The van der Waals surface area contributed by atoms with Gasteiger partial charge in [-0.05, 0) is 65.4 Å². The zero-order valence-electron chi connectivity index (χ0n) is 17.7. The van der Waals surface area contributed by atoms with Gasteiger partial charge in [0.15, 0.2) is 5.75 Å². The minimum atomic E-state index is -0.407. The molecule has 0 atom stereocenters. The SMILES string of the molecule is O=C1S/C(=C\c2cc(Cl)c(OCc3ccc(F)cc3)c(Cl)c2)C(=O)N1CCOc1ccccc1. The number of rotatable bonds is 8. The highest BCUT2D eigenvalue weighted by Gasteiger charge is 2.34. The van der Waals surface area contributed by atoms with Crippen LogP contribution >= 0.6 is 35.0 Å². The standard InChI is InChI=1S/C25H18Cl2FNO4S/c26-20-12-17(13-21(27)23(20)33-15-16-6-8-18(28)9-7-16)14-22-24(30)29(25(31)34-22)10-11-32-19-4-2-1-3-5-19/h1-9,12-14H,10-11,15H2/b22-14-. The molecular formula is C25H18Cl2FNO4S. The molecule has 5 nitrogen and oxygen atoms in total. The number of para-hydroxylation sites is 1. The van der Waals surface area contributed by atoms with Gasteiger partial charge in [0.05, 0.1) is 21.5 Å². The summed E-state index contributed by atoms with van der Waals surface area (Å²) in [6.07, 6.45) is 1.56. The fourth-order valence-corrected chi connectivity index (χ4v) is 4.63. The largest absolute Gasteiger partial charge is 0.492 e. The second-order valence-electron chi connectivity index (χ2n) is 7.22. The molecular weight excluding hydrogens is 500 g/mol. The molecule has 0 aromatic heterocycles. The third-order valence-electron chi connectivity index (χ3n) is 4.82. The quantitative estimate of drug-likeness (QED) is 0.306. The fraction of sp³-hybridized carbons (Fsp3) is 0.120. The Bertz CT molecular complexity index is 1210. The molecule has 174 valence electrons. The normalized spacial score (nSPS) is 14.7. The molecule has 0 bridgehead atoms. The number of carbonyl (C=O) groups excluding carboxylic acids is 2. The molecule has 1 fully saturated rings. The Hall–Kier alpha value is -3.00. The second-order valence-corrected chi connectivity index (χ2v) is 9.03. The summed E-state index contributed by atoms with van der Waals surface area (Å²) >= 11 is 13.5. The summed E-state index contributed by atoms with van der Waals surface area (Å²) in [6.45, 7) is 0.477. The van der Waals surface area contributed by atoms with Gasteiger partial charge in [0.1, 0.15) is 24.8 Å². The summed E-state index contributed by atoms with van der Waals surface area (Å²) in [5.41, 5.74) is 1.30. The predicted octanol–water partition coefficient (Wildman–Crippen LogP) is 6.83. The van der Waals surface area contributed by atoms with Crippen molar-refractivity contribution >= 4 is 52.2 Å². The summed E-state index contributed by atoms with van der Waals surface area (Å²) in [7, 11) is 0. The lowest BCUT2D eigenvalue weighted by atomic mass is 10.2. The number of ether oxygens (including phenoxy) is 2. The lowest BCUT2D eigenvalue weighted by Crippen LogP contribution is -2.32. The summed E-state index contributed by atoms with van der Waals surface area (Å²) in [4.78, 5) is 26.5. The third kappa shape index (κ3) is 5.91. The average Bonchev–Trinajstić information content (AvgIpc) is 3.07. The van der Waals surface area contributed by atoms with Crippen LogP contribution in [0.5, 0.6) is 11.5 Å². The van der Waals surface area contributed by atoms with E-state index >= 15 is 0 Å². The van der Waals surface area contributed by atoms with Gasteiger partial charge < -0.3 is 9.47 Å². The Kier molecular flexibility index (Phi) is 7.77. The van der Waals surface area contributed by atoms with Crippen LogP contribution in [0, 0.1) is 5.82 Å². The van der Waals surface area contributed by atoms with Crippen molar-refractivity contribution in [1.29, 1.82) is 0 Å². The molecule has 0 unspecified atom stereocenters. The van der Waals surface area contributed by atoms with Gasteiger partial charge in [0, 0.05) is 0 Å². The maximum absolute atomic E-state index is 13.1. The van der Waals surface area contributed by atoms with E-state index in [1.165, 1.54) is 12.1 Å². The number of nitrogens with zero attached hydrogens (tertiary/aromatic N) is 1. The van der Waals surface area contributed by atoms with E-state index in [4.69, 9.17) is 32.7 Å². The van der Waals surface area contributed by atoms with E-state index < -0.39 is 5.91 Å². The maximum Gasteiger partial charge on any atom is 0.293 e. The van der Waals surface area contributed by atoms with Crippen LogP contribution in [0.3, 0.4) is 0 Å². The number of imide groups is 1. The Morgan fingerprint density at radius 3 is 2.29 bits per heavy atom. The maximum atomic E-state index is 13.1. The predicted molar refractivity (Wildman–Crippen MR) is 132 cm³/mol. The van der Waals surface area contributed by atoms with Crippen molar-refractivity contribution in [2.45, 2.75) is 6.61 Å². The van der Waals surface area contributed by atoms with E-state index in [0.717, 1.165) is 22.2 Å². The molecule has 3 aromatic rings. The van der Waals surface area contributed by atoms with E-state index in [-0.39, 0.29) is 51.5 Å². The van der Waals surface area contributed by atoms with Crippen molar-refractivity contribution in [2.24, 2.45) is 0 Å². The van der Waals surface area contributed by atoms with E-state index in [2.05, 4.69) is 0 Å². The molecule has 3 aromatic carbocycles. The second kappa shape index (κ2) is 11.0. The molecule has 0 saturated carbocycles. The van der Waals surface area contributed by atoms with Crippen LogP contribution in [0.2, 0.25) is 10.0 Å². The molecule has 1 aliphatic rings. The van der Waals surface area contributed by atoms with Crippen LogP contribution in [0.25, 0.3) is 6.08 Å². The van der Waals surface area contributed by atoms with E-state index in [9.17, 15) is 14.0 Å². The van der Waals surface area contributed by atoms with E-state index in [0.29, 0.717) is 11.3 Å². The molecule has 9 heteroatoms. The minimum absolute atomic E-state index is 0.134. The van der Waals surface area contributed by atoms with Crippen LogP contribution in [-0.4, -0.2) is 29.2 Å². The summed E-state index contributed by atoms with van der Waals surface area (Å²) in [5, 5.41) is 0.122. The summed E-state index contributed by atoms with van der Waals surface area (Å²) in [6, 6.07) is 18.2. The molecule has 4 rings (SSSR count). The molecule has 0 spiro atoms. The van der Waals surface area contributed by atoms with Gasteiger partial charge in [-0.1, -0.05) is 53.5 Å². The number of benzene rings is 3. The molecule has 2 amide bonds. The molecule has 0 aliphatic carbocycles. The highest BCUT2D eigenvalue weighted by Crippen LogP contribution is 2.37. The minimum Gasteiger partial charge on any atom is -0.492 e. The van der Waals surface area contributed by atoms with Crippen LogP contribution in [0.1, 0.15) is 11.1 Å². The highest BCUT2D eigenvalue weighted by molar-refractivity contribution is 8.18. The number of hydrogen-bond acceptors (Lipinski definition) is 5. The van der Waals surface area contributed by atoms with Crippen molar-refractivity contribution in [3.63, 3.8) is 0 Å². The smallest absolute Gasteiger partial charge is 0.293 e. The topological polar surface area (TPSA) is 55.8 Å². The van der Waals surface area contributed by atoms with Gasteiger partial charge in [-0.15, -0.1) is 0 Å². The van der Waals surface area contributed by atoms with Crippen LogP contribution < -0.4 is 9.47 Å². The first-order valence-corrected chi connectivity index (χ1v) is 11.8. The molecule has 1 saturated heterocycles. The third-order valence-corrected chi connectivity index (χ3v) is 6.28. The molecule has 0 N–H and O–H groups in total. The molecule has 1 heterocycles. The van der Waals surface area contributed by atoms with Crippen molar-refractivity contribution in [3.8, 4) is 11.5 Å². The van der Waals surface area contributed by atoms with Crippen molar-refractivity contribution in [1.82, 2.24) is 4.90 Å². The number of carbonyl (C=O) groups is 2. The first-order valence-electron chi connectivity index (χ1n) is 10.2. The van der Waals surface area contributed by atoms with Gasteiger partial charge >= 0.3 is 0 Å². The lowest BCUT2D eigenvalue weighted by Gasteiger charge is -2.13. The van der Waals surface area contributed by atoms with Crippen LogP contribution in [0.15, 0.2) is 71.6 Å². The van der Waals surface area contributed by atoms with Gasteiger partial charge in [-0.2, -0.15) is 0 Å². The van der Waals surface area contributed by atoms with Crippen LogP contribution in [-0.2, 0) is 11.4 Å². The fourth-order valence-electron chi connectivity index (χ4n) is 3.15. The number of amides is 2. The molecule has 34 heavy (non-hydrogen) atoms. The number of hydrogen-bond donors (Lipinski definition) is 0. The average molecular weight is 518 g/mol. The monoisotopic (exact) mass is 517 g/mol.